The van der Waals surface area contributed by atoms with Crippen LogP contribution in [0, 0.1) is 0 Å². The molecule has 2 N–H and O–H groups in total. The van der Waals surface area contributed by atoms with Crippen LogP contribution in [0.1, 0.15) is 11.8 Å². The van der Waals surface area contributed by atoms with Crippen LogP contribution in [0.25, 0.3) is 11.0 Å². The van der Waals surface area contributed by atoms with Gasteiger partial charge in [0, 0.05) is 21.1 Å². The van der Waals surface area contributed by atoms with E-state index < -0.39 is 0 Å². The fourth-order valence-corrected chi connectivity index (χ4v) is 3.19. The SMILES string of the molecule is NC(CSc1cccc(Cl)c1)c1cc2ccccc2o1. The van der Waals surface area contributed by atoms with Gasteiger partial charge < -0.3 is 10.2 Å². The highest BCUT2D eigenvalue weighted by Gasteiger charge is 2.12. The Labute approximate surface area is 126 Å². The molecule has 2 aromatic carbocycles. The summed E-state index contributed by atoms with van der Waals surface area (Å²) in [5, 5.41) is 1.83. The number of benzene rings is 2. The van der Waals surface area contributed by atoms with Gasteiger partial charge in [0.15, 0.2) is 0 Å². The topological polar surface area (TPSA) is 39.2 Å². The quantitative estimate of drug-likeness (QED) is 0.698. The van der Waals surface area contributed by atoms with Crippen LogP contribution < -0.4 is 5.73 Å². The van der Waals surface area contributed by atoms with Gasteiger partial charge in [-0.3, -0.25) is 0 Å². The Morgan fingerprint density at radius 3 is 2.75 bits per heavy atom. The molecule has 0 aliphatic rings. The van der Waals surface area contributed by atoms with Crippen LogP contribution >= 0.6 is 23.4 Å². The van der Waals surface area contributed by atoms with E-state index in [0.717, 1.165) is 32.4 Å². The molecule has 0 saturated heterocycles. The highest BCUT2D eigenvalue weighted by Crippen LogP contribution is 2.28. The minimum absolute atomic E-state index is 0.133. The zero-order valence-corrected chi connectivity index (χ0v) is 12.3. The standard InChI is InChI=1S/C16H14ClNOS/c17-12-5-3-6-13(9-12)20-10-14(18)16-8-11-4-1-2-7-15(11)19-16/h1-9,14H,10,18H2. The van der Waals surface area contributed by atoms with E-state index in [-0.39, 0.29) is 6.04 Å². The molecule has 3 rings (SSSR count). The molecule has 2 nitrogen and oxygen atoms in total. The highest BCUT2D eigenvalue weighted by molar-refractivity contribution is 7.99. The van der Waals surface area contributed by atoms with Gasteiger partial charge in [0.25, 0.3) is 0 Å². The van der Waals surface area contributed by atoms with E-state index in [1.807, 2.05) is 54.6 Å². The molecule has 20 heavy (non-hydrogen) atoms. The fourth-order valence-electron chi connectivity index (χ4n) is 2.01. The van der Waals surface area contributed by atoms with Crippen LogP contribution in [0.5, 0.6) is 0 Å². The largest absolute Gasteiger partial charge is 0.459 e. The van der Waals surface area contributed by atoms with Crippen molar-refractivity contribution in [2.24, 2.45) is 5.73 Å². The maximum Gasteiger partial charge on any atom is 0.134 e. The fraction of sp³-hybridized carbons (Fsp3) is 0.125. The Bertz CT molecular complexity index is 692. The van der Waals surface area contributed by atoms with E-state index in [0.29, 0.717) is 0 Å². The summed E-state index contributed by atoms with van der Waals surface area (Å²) in [4.78, 5) is 1.11. The maximum absolute atomic E-state index is 6.20. The van der Waals surface area contributed by atoms with Crippen molar-refractivity contribution in [1.29, 1.82) is 0 Å². The minimum atomic E-state index is -0.133. The van der Waals surface area contributed by atoms with Crippen LogP contribution in [-0.4, -0.2) is 5.75 Å². The molecule has 102 valence electrons. The number of furan rings is 1. The Morgan fingerprint density at radius 2 is 1.95 bits per heavy atom. The van der Waals surface area contributed by atoms with E-state index in [1.54, 1.807) is 11.8 Å². The van der Waals surface area contributed by atoms with Crippen LogP contribution in [0.2, 0.25) is 5.02 Å². The van der Waals surface area contributed by atoms with Crippen LogP contribution in [0.3, 0.4) is 0 Å². The number of para-hydroxylation sites is 1. The van der Waals surface area contributed by atoms with E-state index >= 15 is 0 Å². The summed E-state index contributed by atoms with van der Waals surface area (Å²) in [6, 6.07) is 17.6. The lowest BCUT2D eigenvalue weighted by atomic mass is 10.2. The van der Waals surface area contributed by atoms with Crippen molar-refractivity contribution in [1.82, 2.24) is 0 Å². The molecule has 0 aliphatic carbocycles. The lowest BCUT2D eigenvalue weighted by Crippen LogP contribution is -2.11. The molecule has 1 unspecified atom stereocenters. The summed E-state index contributed by atoms with van der Waals surface area (Å²) in [5.41, 5.74) is 7.08. The smallest absolute Gasteiger partial charge is 0.134 e. The second-order valence-electron chi connectivity index (χ2n) is 4.56. The van der Waals surface area contributed by atoms with Gasteiger partial charge in [0.2, 0.25) is 0 Å². The van der Waals surface area contributed by atoms with E-state index in [1.165, 1.54) is 0 Å². The summed E-state index contributed by atoms with van der Waals surface area (Å²) < 4.78 is 5.78. The van der Waals surface area contributed by atoms with Gasteiger partial charge in [-0.1, -0.05) is 35.9 Å². The third kappa shape index (κ3) is 3.01. The summed E-state index contributed by atoms with van der Waals surface area (Å²) in [7, 11) is 0. The van der Waals surface area contributed by atoms with E-state index in [2.05, 4.69) is 0 Å². The zero-order chi connectivity index (χ0) is 13.9. The number of thioether (sulfide) groups is 1. The van der Waals surface area contributed by atoms with E-state index in [9.17, 15) is 0 Å². The molecule has 1 atom stereocenters. The first kappa shape index (κ1) is 13.6. The van der Waals surface area contributed by atoms with Crippen molar-refractivity contribution in [3.63, 3.8) is 0 Å². The van der Waals surface area contributed by atoms with Gasteiger partial charge in [-0.15, -0.1) is 11.8 Å². The van der Waals surface area contributed by atoms with Gasteiger partial charge >= 0.3 is 0 Å². The average Bonchev–Trinajstić information content (AvgIpc) is 2.89. The van der Waals surface area contributed by atoms with Crippen molar-refractivity contribution >= 4 is 34.3 Å². The highest BCUT2D eigenvalue weighted by atomic mass is 35.5. The number of hydrogen-bond acceptors (Lipinski definition) is 3. The predicted molar refractivity (Wildman–Crippen MR) is 85.3 cm³/mol. The lowest BCUT2D eigenvalue weighted by Gasteiger charge is -2.08. The Balaban J connectivity index is 1.71. The third-order valence-electron chi connectivity index (χ3n) is 3.04. The van der Waals surface area contributed by atoms with E-state index in [4.69, 9.17) is 21.8 Å². The second-order valence-corrected chi connectivity index (χ2v) is 6.09. The molecule has 1 aromatic heterocycles. The zero-order valence-electron chi connectivity index (χ0n) is 10.8. The van der Waals surface area contributed by atoms with Gasteiger partial charge in [0.05, 0.1) is 6.04 Å². The maximum atomic E-state index is 6.20. The number of nitrogens with two attached hydrogens (primary N) is 1. The number of rotatable bonds is 4. The molecule has 0 radical (unpaired) electrons. The molecule has 0 saturated carbocycles. The van der Waals surface area contributed by atoms with Crippen molar-refractivity contribution < 1.29 is 4.42 Å². The first-order valence-electron chi connectivity index (χ1n) is 6.35. The molecular weight excluding hydrogens is 290 g/mol. The Kier molecular flexibility index (Phi) is 4.01. The molecule has 0 bridgehead atoms. The summed E-state index contributed by atoms with van der Waals surface area (Å²) in [6.07, 6.45) is 0. The Morgan fingerprint density at radius 1 is 1.10 bits per heavy atom. The summed E-state index contributed by atoms with van der Waals surface area (Å²) in [5.74, 6) is 1.57. The normalized spacial score (nSPS) is 12.7. The molecule has 0 amide bonds. The van der Waals surface area contributed by atoms with Crippen molar-refractivity contribution in [3.05, 3.63) is 65.4 Å². The molecule has 0 aliphatic heterocycles. The van der Waals surface area contributed by atoms with Crippen LogP contribution in [0.15, 0.2) is 63.9 Å². The molecule has 1 heterocycles. The molecule has 0 fully saturated rings. The summed E-state index contributed by atoms with van der Waals surface area (Å²) in [6.45, 7) is 0. The summed E-state index contributed by atoms with van der Waals surface area (Å²) >= 11 is 7.65. The van der Waals surface area contributed by atoms with Gasteiger partial charge in [-0.2, -0.15) is 0 Å². The minimum Gasteiger partial charge on any atom is -0.459 e. The second kappa shape index (κ2) is 5.92. The molecule has 3 aromatic rings. The average molecular weight is 304 g/mol. The third-order valence-corrected chi connectivity index (χ3v) is 4.38. The van der Waals surface area contributed by atoms with Crippen molar-refractivity contribution in [3.8, 4) is 0 Å². The van der Waals surface area contributed by atoms with Gasteiger partial charge in [-0.25, -0.2) is 0 Å². The number of hydrogen-bond donors (Lipinski definition) is 1. The van der Waals surface area contributed by atoms with Crippen LogP contribution in [-0.2, 0) is 0 Å². The molecular formula is C16H14ClNOS. The molecule has 4 heteroatoms. The van der Waals surface area contributed by atoms with Crippen LogP contribution in [0.4, 0.5) is 0 Å². The lowest BCUT2D eigenvalue weighted by molar-refractivity contribution is 0.516. The first-order valence-corrected chi connectivity index (χ1v) is 7.71. The predicted octanol–water partition coefficient (Wildman–Crippen LogP) is 4.88. The Hall–Kier alpha value is -1.42. The monoisotopic (exact) mass is 303 g/mol. The first-order chi connectivity index (χ1) is 9.72. The molecule has 0 spiro atoms. The van der Waals surface area contributed by atoms with Gasteiger partial charge in [-0.05, 0) is 30.3 Å². The van der Waals surface area contributed by atoms with Gasteiger partial charge in [0.1, 0.15) is 11.3 Å². The van der Waals surface area contributed by atoms with Crippen molar-refractivity contribution in [2.45, 2.75) is 10.9 Å². The van der Waals surface area contributed by atoms with Crippen molar-refractivity contribution in [2.75, 3.05) is 5.75 Å². The number of fused-ring (bicyclic) bond motifs is 1. The number of halogens is 1.